The standard InChI is InChI=1S/C18H20N4O5/c1-3-27-16-7-4-14(5-8-16)20-12(2)18(24)21-19-11-13-10-15(22(25)26)6-9-17(13)23/h4-12,20,23H,3H2,1-2H3,(H,21,24)/t12-/m1/s1. The zero-order valence-corrected chi connectivity index (χ0v) is 14.9. The number of carbonyl (C=O) groups is 1. The molecule has 0 radical (unpaired) electrons. The number of phenols is 1. The Hall–Kier alpha value is -3.62. The van der Waals surface area contributed by atoms with Crippen LogP contribution in [0.5, 0.6) is 11.5 Å². The van der Waals surface area contributed by atoms with Crippen LogP contribution in [0.15, 0.2) is 47.6 Å². The number of hydrogen-bond donors (Lipinski definition) is 3. The summed E-state index contributed by atoms with van der Waals surface area (Å²) in [6, 6.07) is 10.1. The lowest BCUT2D eigenvalue weighted by molar-refractivity contribution is -0.384. The molecule has 9 nitrogen and oxygen atoms in total. The average molecular weight is 372 g/mol. The van der Waals surface area contributed by atoms with Crippen molar-refractivity contribution in [3.05, 3.63) is 58.1 Å². The molecule has 0 fully saturated rings. The third-order valence-corrected chi connectivity index (χ3v) is 3.54. The van der Waals surface area contributed by atoms with Gasteiger partial charge in [0.05, 0.1) is 17.7 Å². The van der Waals surface area contributed by atoms with Crippen LogP contribution in [0, 0.1) is 10.1 Å². The second-order valence-corrected chi connectivity index (χ2v) is 5.56. The quantitative estimate of drug-likeness (QED) is 0.371. The first kappa shape index (κ1) is 19.7. The van der Waals surface area contributed by atoms with Gasteiger partial charge in [-0.2, -0.15) is 5.10 Å². The summed E-state index contributed by atoms with van der Waals surface area (Å²) >= 11 is 0. The van der Waals surface area contributed by atoms with Crippen molar-refractivity contribution in [2.45, 2.75) is 19.9 Å². The summed E-state index contributed by atoms with van der Waals surface area (Å²) in [6.07, 6.45) is 1.14. The predicted molar refractivity (Wildman–Crippen MR) is 101 cm³/mol. The molecule has 0 aliphatic carbocycles. The number of nitrogens with one attached hydrogen (secondary N) is 2. The van der Waals surface area contributed by atoms with Crippen LogP contribution in [0.2, 0.25) is 0 Å². The van der Waals surface area contributed by atoms with Gasteiger partial charge < -0.3 is 15.2 Å². The molecule has 0 saturated carbocycles. The monoisotopic (exact) mass is 372 g/mol. The highest BCUT2D eigenvalue weighted by atomic mass is 16.6. The molecule has 142 valence electrons. The van der Waals surface area contributed by atoms with Crippen LogP contribution in [0.1, 0.15) is 19.4 Å². The maximum atomic E-state index is 12.1. The highest BCUT2D eigenvalue weighted by Crippen LogP contribution is 2.21. The predicted octanol–water partition coefficient (Wildman–Crippen LogP) is 2.65. The Morgan fingerprint density at radius 1 is 1.33 bits per heavy atom. The lowest BCUT2D eigenvalue weighted by atomic mass is 10.2. The van der Waals surface area contributed by atoms with Crippen molar-refractivity contribution in [3.8, 4) is 11.5 Å². The van der Waals surface area contributed by atoms with Crippen LogP contribution in [0.4, 0.5) is 11.4 Å². The maximum Gasteiger partial charge on any atom is 0.270 e. The van der Waals surface area contributed by atoms with Gasteiger partial charge in [-0.1, -0.05) is 0 Å². The number of non-ortho nitro benzene ring substituents is 1. The fourth-order valence-corrected chi connectivity index (χ4v) is 2.15. The van der Waals surface area contributed by atoms with Crippen molar-refractivity contribution in [1.82, 2.24) is 5.43 Å². The molecule has 0 spiro atoms. The SMILES string of the molecule is CCOc1ccc(N[C@H](C)C(=O)NN=Cc2cc([N+](=O)[O-])ccc2O)cc1. The van der Waals surface area contributed by atoms with E-state index in [1.165, 1.54) is 12.1 Å². The van der Waals surface area contributed by atoms with Gasteiger partial charge in [0.25, 0.3) is 11.6 Å². The Kier molecular flexibility index (Phi) is 6.70. The number of anilines is 1. The third-order valence-electron chi connectivity index (χ3n) is 3.54. The van der Waals surface area contributed by atoms with E-state index in [1.807, 2.05) is 6.92 Å². The second kappa shape index (κ2) is 9.18. The van der Waals surface area contributed by atoms with Crippen molar-refractivity contribution >= 4 is 23.5 Å². The lowest BCUT2D eigenvalue weighted by Crippen LogP contribution is -2.34. The topological polar surface area (TPSA) is 126 Å². The summed E-state index contributed by atoms with van der Waals surface area (Å²) in [5, 5.41) is 27.2. The first-order valence-corrected chi connectivity index (χ1v) is 8.20. The Labute approximate surface area is 155 Å². The number of rotatable bonds is 8. The molecule has 0 aliphatic rings. The minimum absolute atomic E-state index is 0.122. The van der Waals surface area contributed by atoms with Crippen molar-refractivity contribution < 1.29 is 19.6 Å². The summed E-state index contributed by atoms with van der Waals surface area (Å²) in [7, 11) is 0. The summed E-state index contributed by atoms with van der Waals surface area (Å²) in [6.45, 7) is 4.13. The number of ether oxygens (including phenoxy) is 1. The van der Waals surface area contributed by atoms with Gasteiger partial charge in [0.1, 0.15) is 17.5 Å². The minimum Gasteiger partial charge on any atom is -0.507 e. The van der Waals surface area contributed by atoms with E-state index in [0.29, 0.717) is 6.61 Å². The Morgan fingerprint density at radius 3 is 2.67 bits per heavy atom. The molecule has 9 heteroatoms. The molecule has 27 heavy (non-hydrogen) atoms. The smallest absolute Gasteiger partial charge is 0.270 e. The number of phenolic OH excluding ortho intramolecular Hbond substituents is 1. The molecule has 0 aromatic heterocycles. The van der Waals surface area contributed by atoms with Crippen LogP contribution < -0.4 is 15.5 Å². The number of hydrogen-bond acceptors (Lipinski definition) is 7. The number of nitrogens with zero attached hydrogens (tertiary/aromatic N) is 2. The van der Waals surface area contributed by atoms with E-state index in [1.54, 1.807) is 31.2 Å². The molecule has 1 amide bonds. The van der Waals surface area contributed by atoms with E-state index in [9.17, 15) is 20.0 Å². The van der Waals surface area contributed by atoms with E-state index in [2.05, 4.69) is 15.8 Å². The highest BCUT2D eigenvalue weighted by molar-refractivity contribution is 5.88. The summed E-state index contributed by atoms with van der Waals surface area (Å²) in [5.74, 6) is 0.144. The second-order valence-electron chi connectivity index (χ2n) is 5.56. The number of nitro benzene ring substituents is 1. The van der Waals surface area contributed by atoms with E-state index in [-0.39, 0.29) is 17.0 Å². The number of hydrazone groups is 1. The zero-order chi connectivity index (χ0) is 19.8. The molecule has 2 rings (SSSR count). The van der Waals surface area contributed by atoms with Crippen LogP contribution >= 0.6 is 0 Å². The largest absolute Gasteiger partial charge is 0.507 e. The van der Waals surface area contributed by atoms with Gasteiger partial charge in [-0.3, -0.25) is 14.9 Å². The molecular formula is C18H20N4O5. The number of aromatic hydroxyl groups is 1. The van der Waals surface area contributed by atoms with Crippen molar-refractivity contribution in [2.24, 2.45) is 5.10 Å². The fraction of sp³-hybridized carbons (Fsp3) is 0.222. The first-order valence-electron chi connectivity index (χ1n) is 8.20. The molecule has 3 N–H and O–H groups in total. The first-order chi connectivity index (χ1) is 12.9. The molecular weight excluding hydrogens is 352 g/mol. The Balaban J connectivity index is 1.93. The third kappa shape index (κ3) is 5.70. The summed E-state index contributed by atoms with van der Waals surface area (Å²) in [4.78, 5) is 22.3. The molecule has 0 unspecified atom stereocenters. The van der Waals surface area contributed by atoms with Gasteiger partial charge in [-0.05, 0) is 44.2 Å². The molecule has 1 atom stereocenters. The molecule has 0 saturated heterocycles. The van der Waals surface area contributed by atoms with E-state index >= 15 is 0 Å². The highest BCUT2D eigenvalue weighted by Gasteiger charge is 2.12. The summed E-state index contributed by atoms with van der Waals surface area (Å²) in [5.41, 5.74) is 2.99. The van der Waals surface area contributed by atoms with E-state index in [4.69, 9.17) is 4.74 Å². The lowest BCUT2D eigenvalue weighted by Gasteiger charge is -2.14. The summed E-state index contributed by atoms with van der Waals surface area (Å²) < 4.78 is 5.35. The van der Waals surface area contributed by atoms with Gasteiger partial charge >= 0.3 is 0 Å². The molecule has 2 aromatic carbocycles. The Bertz CT molecular complexity index is 836. The van der Waals surface area contributed by atoms with Gasteiger partial charge in [-0.25, -0.2) is 5.43 Å². The molecule has 0 bridgehead atoms. The van der Waals surface area contributed by atoms with Gasteiger partial charge in [0.2, 0.25) is 0 Å². The zero-order valence-electron chi connectivity index (χ0n) is 14.9. The van der Waals surface area contributed by atoms with Crippen LogP contribution in [0.3, 0.4) is 0 Å². The fourth-order valence-electron chi connectivity index (χ4n) is 2.15. The van der Waals surface area contributed by atoms with E-state index in [0.717, 1.165) is 23.7 Å². The Morgan fingerprint density at radius 2 is 2.04 bits per heavy atom. The van der Waals surface area contributed by atoms with Crippen molar-refractivity contribution in [2.75, 3.05) is 11.9 Å². The van der Waals surface area contributed by atoms with Crippen molar-refractivity contribution in [3.63, 3.8) is 0 Å². The number of carbonyl (C=O) groups excluding carboxylic acids is 1. The van der Waals surface area contributed by atoms with Crippen LogP contribution in [-0.2, 0) is 4.79 Å². The van der Waals surface area contributed by atoms with Crippen molar-refractivity contribution in [1.29, 1.82) is 0 Å². The average Bonchev–Trinajstić information content (AvgIpc) is 2.64. The molecule has 0 aliphatic heterocycles. The maximum absolute atomic E-state index is 12.1. The van der Waals surface area contributed by atoms with Gasteiger partial charge in [0, 0.05) is 23.4 Å². The van der Waals surface area contributed by atoms with Gasteiger partial charge in [-0.15, -0.1) is 0 Å². The molecule has 2 aromatic rings. The van der Waals surface area contributed by atoms with Crippen LogP contribution in [0.25, 0.3) is 0 Å². The van der Waals surface area contributed by atoms with E-state index < -0.39 is 16.9 Å². The number of nitro groups is 1. The van der Waals surface area contributed by atoms with Crippen LogP contribution in [-0.4, -0.2) is 34.8 Å². The number of amides is 1. The molecule has 0 heterocycles. The van der Waals surface area contributed by atoms with Gasteiger partial charge in [0.15, 0.2) is 0 Å². The number of benzene rings is 2. The normalized spacial score (nSPS) is 11.8. The minimum atomic E-state index is -0.585.